The normalized spacial score (nSPS) is 11.2. The van der Waals surface area contributed by atoms with E-state index in [4.69, 9.17) is 9.47 Å². The summed E-state index contributed by atoms with van der Waals surface area (Å²) in [6.45, 7) is 7.05. The zero-order valence-electron chi connectivity index (χ0n) is 17.7. The molecular weight excluding hydrogens is 440 g/mol. The number of carbonyl (C=O) groups excluding carboxylic acids is 1. The van der Waals surface area contributed by atoms with E-state index in [1.165, 1.54) is 11.1 Å². The first-order chi connectivity index (χ1) is 14.4. The third-order valence-corrected chi connectivity index (χ3v) is 5.88. The van der Waals surface area contributed by atoms with Crippen LogP contribution in [0.15, 0.2) is 77.3 Å². The van der Waals surface area contributed by atoms with Crippen LogP contribution < -0.4 is 9.47 Å². The highest BCUT2D eigenvalue weighted by Crippen LogP contribution is 2.29. The Balaban J connectivity index is 1.70. The second kappa shape index (κ2) is 9.94. The van der Waals surface area contributed by atoms with Crippen molar-refractivity contribution >= 4 is 21.9 Å². The van der Waals surface area contributed by atoms with Gasteiger partial charge in [0.2, 0.25) is 0 Å². The van der Waals surface area contributed by atoms with Gasteiger partial charge in [-0.05, 0) is 53.3 Å². The average molecular weight is 467 g/mol. The Morgan fingerprint density at radius 3 is 2.33 bits per heavy atom. The molecule has 0 aliphatic carbocycles. The molecule has 0 fully saturated rings. The van der Waals surface area contributed by atoms with Gasteiger partial charge in [-0.3, -0.25) is 0 Å². The molecule has 0 amide bonds. The Bertz CT molecular complexity index is 979. The summed E-state index contributed by atoms with van der Waals surface area (Å²) in [5, 5.41) is 0. The number of rotatable bonds is 8. The first-order valence-corrected chi connectivity index (χ1v) is 11.0. The van der Waals surface area contributed by atoms with Crippen molar-refractivity contribution in [3.05, 3.63) is 94.0 Å². The largest absolute Gasteiger partial charge is 0.492 e. The Labute approximate surface area is 187 Å². The van der Waals surface area contributed by atoms with E-state index in [1.54, 1.807) is 12.1 Å². The van der Waals surface area contributed by atoms with Crippen molar-refractivity contribution in [3.8, 4) is 11.5 Å². The smallest absolute Gasteiger partial charge is 0.347 e. The van der Waals surface area contributed by atoms with Crippen molar-refractivity contribution in [2.24, 2.45) is 0 Å². The van der Waals surface area contributed by atoms with Crippen molar-refractivity contribution in [2.45, 2.75) is 39.0 Å². The minimum Gasteiger partial charge on any atom is -0.492 e. The summed E-state index contributed by atoms with van der Waals surface area (Å²) >= 11 is 3.43. The quantitative estimate of drug-likeness (QED) is 0.265. The zero-order valence-corrected chi connectivity index (χ0v) is 19.2. The molecule has 0 unspecified atom stereocenters. The molecule has 0 saturated carbocycles. The number of hydrogen-bond acceptors (Lipinski definition) is 3. The molecule has 156 valence electrons. The van der Waals surface area contributed by atoms with E-state index in [2.05, 4.69) is 48.8 Å². The fraction of sp³-hybridized carbons (Fsp3) is 0.269. The summed E-state index contributed by atoms with van der Waals surface area (Å²) < 4.78 is 12.3. The Hall–Kier alpha value is -2.59. The van der Waals surface area contributed by atoms with Gasteiger partial charge in [-0.15, -0.1) is 0 Å². The van der Waals surface area contributed by atoms with Crippen LogP contribution in [0.2, 0.25) is 0 Å². The summed E-state index contributed by atoms with van der Waals surface area (Å²) in [5.41, 5.74) is 2.90. The van der Waals surface area contributed by atoms with Crippen molar-refractivity contribution in [1.29, 1.82) is 0 Å². The molecule has 0 aromatic heterocycles. The number of benzene rings is 3. The molecule has 0 heterocycles. The number of ether oxygens (including phenoxy) is 2. The second-order valence-corrected chi connectivity index (χ2v) is 8.79. The lowest BCUT2D eigenvalue weighted by Gasteiger charge is -2.23. The lowest BCUT2D eigenvalue weighted by Crippen LogP contribution is -2.15. The lowest BCUT2D eigenvalue weighted by molar-refractivity contribution is 0.0730. The summed E-state index contributed by atoms with van der Waals surface area (Å²) in [7, 11) is 0. The second-order valence-electron chi connectivity index (χ2n) is 7.88. The summed E-state index contributed by atoms with van der Waals surface area (Å²) in [6, 6.07) is 23.2. The molecule has 4 heteroatoms. The molecule has 3 aromatic rings. The fourth-order valence-electron chi connectivity index (χ4n) is 3.05. The van der Waals surface area contributed by atoms with Crippen LogP contribution in [0.3, 0.4) is 0 Å². The first-order valence-electron chi connectivity index (χ1n) is 10.2. The predicted molar refractivity (Wildman–Crippen MR) is 125 cm³/mol. The van der Waals surface area contributed by atoms with Crippen molar-refractivity contribution in [2.75, 3.05) is 6.61 Å². The summed E-state index contributed by atoms with van der Waals surface area (Å²) in [6.07, 6.45) is 1.80. The van der Waals surface area contributed by atoms with Crippen LogP contribution in [0.1, 0.15) is 48.7 Å². The molecule has 0 bridgehead atoms. The fourth-order valence-corrected chi connectivity index (χ4v) is 3.41. The maximum absolute atomic E-state index is 12.8. The van der Waals surface area contributed by atoms with Gasteiger partial charge in [0.15, 0.2) is 0 Å². The van der Waals surface area contributed by atoms with Gasteiger partial charge < -0.3 is 9.47 Å². The van der Waals surface area contributed by atoms with E-state index in [-0.39, 0.29) is 5.41 Å². The van der Waals surface area contributed by atoms with Gasteiger partial charge in [0.25, 0.3) is 0 Å². The molecule has 3 nitrogen and oxygen atoms in total. The maximum atomic E-state index is 12.8. The van der Waals surface area contributed by atoms with Gasteiger partial charge in [0.1, 0.15) is 17.1 Å². The maximum Gasteiger partial charge on any atom is 0.347 e. The molecule has 0 aliphatic heterocycles. The van der Waals surface area contributed by atoms with E-state index in [0.717, 1.165) is 17.3 Å². The third-order valence-electron chi connectivity index (χ3n) is 5.38. The average Bonchev–Trinajstić information content (AvgIpc) is 2.76. The number of hydrogen-bond donors (Lipinski definition) is 0. The van der Waals surface area contributed by atoms with E-state index in [1.807, 2.05) is 48.5 Å². The van der Waals surface area contributed by atoms with E-state index >= 15 is 0 Å². The van der Waals surface area contributed by atoms with E-state index in [0.29, 0.717) is 23.7 Å². The van der Waals surface area contributed by atoms with Gasteiger partial charge in [0.05, 0.1) is 6.61 Å². The van der Waals surface area contributed by atoms with Crippen molar-refractivity contribution in [1.82, 2.24) is 0 Å². The van der Waals surface area contributed by atoms with Crippen LogP contribution in [0, 0.1) is 0 Å². The van der Waals surface area contributed by atoms with Crippen LogP contribution in [0.4, 0.5) is 0 Å². The highest BCUT2D eigenvalue weighted by atomic mass is 79.9. The van der Waals surface area contributed by atoms with Gasteiger partial charge in [-0.1, -0.05) is 79.2 Å². The Kier molecular flexibility index (Phi) is 7.33. The minimum atomic E-state index is -0.437. The molecule has 0 spiro atoms. The Morgan fingerprint density at radius 2 is 1.67 bits per heavy atom. The summed E-state index contributed by atoms with van der Waals surface area (Å²) in [5.74, 6) is 0.599. The van der Waals surface area contributed by atoms with Gasteiger partial charge >= 0.3 is 5.97 Å². The minimum absolute atomic E-state index is 0.0899. The molecule has 0 N–H and O–H groups in total. The number of esters is 1. The third kappa shape index (κ3) is 5.73. The van der Waals surface area contributed by atoms with Gasteiger partial charge in [-0.2, -0.15) is 0 Å². The monoisotopic (exact) mass is 466 g/mol. The lowest BCUT2D eigenvalue weighted by atomic mass is 9.82. The molecule has 0 saturated heterocycles. The first kappa shape index (κ1) is 22.1. The van der Waals surface area contributed by atoms with Gasteiger partial charge in [0, 0.05) is 10.9 Å². The molecule has 0 radical (unpaired) electrons. The predicted octanol–water partition coefficient (Wildman–Crippen LogP) is 6.98. The van der Waals surface area contributed by atoms with Crippen molar-refractivity contribution < 1.29 is 14.3 Å². The van der Waals surface area contributed by atoms with Crippen LogP contribution in [0.25, 0.3) is 0 Å². The summed E-state index contributed by atoms with van der Waals surface area (Å²) in [4.78, 5) is 12.8. The molecule has 3 aromatic carbocycles. The zero-order chi connectivity index (χ0) is 21.6. The highest BCUT2D eigenvalue weighted by Gasteiger charge is 2.19. The number of carbonyl (C=O) groups is 1. The van der Waals surface area contributed by atoms with Crippen LogP contribution in [-0.4, -0.2) is 12.6 Å². The van der Waals surface area contributed by atoms with Crippen LogP contribution >= 0.6 is 15.9 Å². The highest BCUT2D eigenvalue weighted by molar-refractivity contribution is 9.10. The molecule has 3 rings (SSSR count). The Morgan fingerprint density at radius 1 is 0.967 bits per heavy atom. The van der Waals surface area contributed by atoms with Crippen LogP contribution in [-0.2, 0) is 11.8 Å². The van der Waals surface area contributed by atoms with E-state index < -0.39 is 5.97 Å². The number of halogens is 1. The van der Waals surface area contributed by atoms with Gasteiger partial charge in [-0.25, -0.2) is 4.79 Å². The molecule has 0 aliphatic rings. The standard InChI is InChI=1S/C26H27BrO3/c1-4-26(2,3)20-10-13-22(14-11-20)30-25(28)23-18-21(27)12-15-24(23)29-17-16-19-8-6-5-7-9-19/h5-15,18H,4,16-17H2,1-3H3. The van der Waals surface area contributed by atoms with Crippen LogP contribution in [0.5, 0.6) is 11.5 Å². The SMILES string of the molecule is CCC(C)(C)c1ccc(OC(=O)c2cc(Br)ccc2OCCc2ccccc2)cc1. The molecular formula is C26H27BrO3. The molecule has 0 atom stereocenters. The van der Waals surface area contributed by atoms with E-state index in [9.17, 15) is 4.79 Å². The van der Waals surface area contributed by atoms with Crippen molar-refractivity contribution in [3.63, 3.8) is 0 Å². The topological polar surface area (TPSA) is 35.5 Å². The molecule has 30 heavy (non-hydrogen) atoms.